The van der Waals surface area contributed by atoms with Crippen LogP contribution in [0.4, 0.5) is 0 Å². The molecule has 64 valence electrons. The van der Waals surface area contributed by atoms with Crippen LogP contribution in [0.1, 0.15) is 38.5 Å². The topological polar surface area (TPSA) is 37.3 Å². The first kappa shape index (κ1) is 8.72. The van der Waals surface area contributed by atoms with Gasteiger partial charge in [-0.15, -0.1) is 0 Å². The lowest BCUT2D eigenvalue weighted by atomic mass is 9.81. The van der Waals surface area contributed by atoms with Crippen molar-refractivity contribution in [2.45, 2.75) is 38.5 Å². The van der Waals surface area contributed by atoms with Gasteiger partial charge in [0.05, 0.1) is 0 Å². The first-order chi connectivity index (χ1) is 5.33. The summed E-state index contributed by atoms with van der Waals surface area (Å²) in [5.41, 5.74) is 0. The van der Waals surface area contributed by atoms with Gasteiger partial charge in [-0.3, -0.25) is 4.79 Å². The Morgan fingerprint density at radius 2 is 2.18 bits per heavy atom. The Morgan fingerprint density at radius 3 is 2.64 bits per heavy atom. The molecule has 11 heavy (non-hydrogen) atoms. The summed E-state index contributed by atoms with van der Waals surface area (Å²) in [4.78, 5) is 11.1. The molecule has 1 fully saturated rings. The molecule has 0 saturated heterocycles. The minimum atomic E-state index is 0.149. The van der Waals surface area contributed by atoms with Crippen LogP contribution in [-0.2, 0) is 4.79 Å². The van der Waals surface area contributed by atoms with Crippen LogP contribution in [0.3, 0.4) is 0 Å². The van der Waals surface area contributed by atoms with Crippen LogP contribution in [-0.4, -0.2) is 17.5 Å². The minimum Gasteiger partial charge on any atom is -0.396 e. The third kappa shape index (κ3) is 3.02. The van der Waals surface area contributed by atoms with E-state index in [9.17, 15) is 4.79 Å². The summed E-state index contributed by atoms with van der Waals surface area (Å²) < 4.78 is 0. The van der Waals surface area contributed by atoms with Crippen LogP contribution < -0.4 is 0 Å². The summed E-state index contributed by atoms with van der Waals surface area (Å²) in [7, 11) is 0. The number of rotatable bonds is 5. The zero-order valence-corrected chi connectivity index (χ0v) is 6.88. The van der Waals surface area contributed by atoms with Gasteiger partial charge in [0.25, 0.3) is 0 Å². The van der Waals surface area contributed by atoms with Gasteiger partial charge >= 0.3 is 0 Å². The Bertz CT molecular complexity index is 128. The third-order valence-electron chi connectivity index (χ3n) is 2.35. The molecule has 0 amide bonds. The number of aliphatic hydroxyl groups is 1. The predicted molar refractivity (Wildman–Crippen MR) is 43.3 cm³/mol. The van der Waals surface area contributed by atoms with E-state index in [1.165, 1.54) is 19.3 Å². The molecule has 0 spiro atoms. The number of hydrogen-bond acceptors (Lipinski definition) is 2. The summed E-state index contributed by atoms with van der Waals surface area (Å²) in [6.07, 6.45) is 5.77. The normalized spacial score (nSPS) is 17.9. The van der Waals surface area contributed by atoms with Crippen LogP contribution >= 0.6 is 0 Å². The second kappa shape index (κ2) is 4.50. The van der Waals surface area contributed by atoms with E-state index >= 15 is 0 Å². The molecule has 0 aromatic carbocycles. The van der Waals surface area contributed by atoms with E-state index in [1.54, 1.807) is 0 Å². The highest BCUT2D eigenvalue weighted by atomic mass is 16.3. The van der Waals surface area contributed by atoms with E-state index in [2.05, 4.69) is 0 Å². The van der Waals surface area contributed by atoms with Crippen LogP contribution in [0, 0.1) is 5.92 Å². The van der Waals surface area contributed by atoms with Crippen molar-refractivity contribution in [2.24, 2.45) is 5.92 Å². The van der Waals surface area contributed by atoms with Crippen molar-refractivity contribution in [3.63, 3.8) is 0 Å². The monoisotopic (exact) mass is 156 g/mol. The molecule has 0 aromatic rings. The molecule has 2 nitrogen and oxygen atoms in total. The molecule has 1 N–H and O–H groups in total. The van der Waals surface area contributed by atoms with E-state index in [0.29, 0.717) is 24.5 Å². The van der Waals surface area contributed by atoms with Crippen molar-refractivity contribution >= 4 is 5.78 Å². The Labute approximate surface area is 67.6 Å². The first-order valence-corrected chi connectivity index (χ1v) is 4.45. The highest BCUT2D eigenvalue weighted by molar-refractivity contribution is 5.78. The average Bonchev–Trinajstić information content (AvgIpc) is 1.93. The second-order valence-electron chi connectivity index (χ2n) is 3.37. The van der Waals surface area contributed by atoms with Gasteiger partial charge in [0.15, 0.2) is 0 Å². The Morgan fingerprint density at radius 1 is 1.45 bits per heavy atom. The molecule has 1 aliphatic rings. The summed E-state index contributed by atoms with van der Waals surface area (Å²) in [6.45, 7) is 0.149. The van der Waals surface area contributed by atoms with Crippen molar-refractivity contribution < 1.29 is 9.90 Å². The molecule has 1 saturated carbocycles. The molecular weight excluding hydrogens is 140 g/mol. The maximum absolute atomic E-state index is 11.1. The highest BCUT2D eigenvalue weighted by Gasteiger charge is 2.19. The van der Waals surface area contributed by atoms with Gasteiger partial charge in [-0.25, -0.2) is 0 Å². The Hall–Kier alpha value is -0.370. The molecule has 1 aliphatic carbocycles. The molecule has 0 aliphatic heterocycles. The zero-order chi connectivity index (χ0) is 8.10. The van der Waals surface area contributed by atoms with Gasteiger partial charge < -0.3 is 5.11 Å². The molecule has 0 radical (unpaired) electrons. The fourth-order valence-electron chi connectivity index (χ4n) is 1.40. The smallest absolute Gasteiger partial charge is 0.133 e. The number of carbonyl (C=O) groups excluding carboxylic acids is 1. The van der Waals surface area contributed by atoms with Gasteiger partial charge in [0, 0.05) is 19.4 Å². The summed E-state index contributed by atoms with van der Waals surface area (Å²) in [6, 6.07) is 0. The van der Waals surface area contributed by atoms with E-state index in [-0.39, 0.29) is 6.61 Å². The van der Waals surface area contributed by atoms with E-state index in [1.807, 2.05) is 0 Å². The predicted octanol–water partition coefficient (Wildman–Crippen LogP) is 1.52. The number of ketones is 1. The molecule has 0 unspecified atom stereocenters. The van der Waals surface area contributed by atoms with Crippen LogP contribution in [0.2, 0.25) is 0 Å². The summed E-state index contributed by atoms with van der Waals surface area (Å²) in [5.74, 6) is 1.02. The standard InChI is InChI=1S/C9H16O2/c10-6-2-5-9(11)7-8-3-1-4-8/h8,10H,1-7H2. The van der Waals surface area contributed by atoms with Gasteiger partial charge in [-0.2, -0.15) is 0 Å². The van der Waals surface area contributed by atoms with Gasteiger partial charge in [0.2, 0.25) is 0 Å². The van der Waals surface area contributed by atoms with Gasteiger partial charge in [-0.1, -0.05) is 19.3 Å². The zero-order valence-electron chi connectivity index (χ0n) is 6.88. The van der Waals surface area contributed by atoms with E-state index in [4.69, 9.17) is 5.11 Å². The Kier molecular flexibility index (Phi) is 3.57. The SMILES string of the molecule is O=C(CCCO)CC1CCC1. The third-order valence-corrected chi connectivity index (χ3v) is 2.35. The highest BCUT2D eigenvalue weighted by Crippen LogP contribution is 2.29. The fourth-order valence-corrected chi connectivity index (χ4v) is 1.40. The van der Waals surface area contributed by atoms with Crippen LogP contribution in [0.25, 0.3) is 0 Å². The van der Waals surface area contributed by atoms with Crippen molar-refractivity contribution in [2.75, 3.05) is 6.61 Å². The quantitative estimate of drug-likeness (QED) is 0.655. The molecule has 0 bridgehead atoms. The summed E-state index contributed by atoms with van der Waals surface area (Å²) >= 11 is 0. The molecular formula is C9H16O2. The number of Topliss-reactive ketones (excluding diaryl/α,β-unsaturated/α-hetero) is 1. The lowest BCUT2D eigenvalue weighted by Crippen LogP contribution is -2.15. The van der Waals surface area contributed by atoms with Crippen molar-refractivity contribution in [1.29, 1.82) is 0 Å². The Balaban J connectivity index is 2.00. The maximum Gasteiger partial charge on any atom is 0.133 e. The molecule has 0 atom stereocenters. The molecule has 1 rings (SSSR count). The summed E-state index contributed by atoms with van der Waals surface area (Å²) in [5, 5.41) is 8.47. The number of carbonyl (C=O) groups is 1. The molecule has 0 heterocycles. The number of aliphatic hydroxyl groups excluding tert-OH is 1. The van der Waals surface area contributed by atoms with Crippen molar-refractivity contribution in [1.82, 2.24) is 0 Å². The minimum absolute atomic E-state index is 0.149. The second-order valence-corrected chi connectivity index (χ2v) is 3.37. The van der Waals surface area contributed by atoms with Gasteiger partial charge in [0.1, 0.15) is 5.78 Å². The van der Waals surface area contributed by atoms with Crippen LogP contribution in [0.5, 0.6) is 0 Å². The molecule has 0 aromatic heterocycles. The van der Waals surface area contributed by atoms with Crippen molar-refractivity contribution in [3.8, 4) is 0 Å². The number of hydrogen-bond donors (Lipinski definition) is 1. The van der Waals surface area contributed by atoms with Crippen molar-refractivity contribution in [3.05, 3.63) is 0 Å². The van der Waals surface area contributed by atoms with Crippen LogP contribution in [0.15, 0.2) is 0 Å². The largest absolute Gasteiger partial charge is 0.396 e. The first-order valence-electron chi connectivity index (χ1n) is 4.45. The lowest BCUT2D eigenvalue weighted by molar-refractivity contribution is -0.120. The van der Waals surface area contributed by atoms with Gasteiger partial charge in [-0.05, 0) is 12.3 Å². The van der Waals surface area contributed by atoms with E-state index in [0.717, 1.165) is 6.42 Å². The average molecular weight is 156 g/mol. The van der Waals surface area contributed by atoms with E-state index < -0.39 is 0 Å². The maximum atomic E-state index is 11.1. The molecule has 2 heteroatoms. The lowest BCUT2D eigenvalue weighted by Gasteiger charge is -2.24. The fraction of sp³-hybridized carbons (Fsp3) is 0.889.